The van der Waals surface area contributed by atoms with E-state index in [2.05, 4.69) is 5.32 Å². The van der Waals surface area contributed by atoms with Crippen LogP contribution in [0.15, 0.2) is 77.4 Å². The van der Waals surface area contributed by atoms with Crippen LogP contribution in [0.5, 0.6) is 0 Å². The maximum Gasteiger partial charge on any atom is 0.262 e. The molecule has 28 heavy (non-hydrogen) atoms. The van der Waals surface area contributed by atoms with E-state index in [9.17, 15) is 14.4 Å². The molecule has 1 aliphatic rings. The van der Waals surface area contributed by atoms with Gasteiger partial charge in [0.1, 0.15) is 17.8 Å². The standard InChI is InChI=1S/C22H18N2O4/c1-14(24-21(26)16-10-5-6-11-17(16)22(24)27)20(25)23-19(18-12-7-13-28-18)15-8-3-2-4-9-15/h2-14,19H,1H3,(H,23,25). The van der Waals surface area contributed by atoms with E-state index in [4.69, 9.17) is 4.42 Å². The number of nitrogens with zero attached hydrogens (tertiary/aromatic N) is 1. The van der Waals surface area contributed by atoms with E-state index in [1.807, 2.05) is 30.3 Å². The minimum Gasteiger partial charge on any atom is -0.467 e. The molecule has 0 saturated heterocycles. The maximum atomic E-state index is 13.0. The van der Waals surface area contributed by atoms with Gasteiger partial charge in [-0.1, -0.05) is 42.5 Å². The van der Waals surface area contributed by atoms with Crippen molar-refractivity contribution in [3.05, 3.63) is 95.4 Å². The summed E-state index contributed by atoms with van der Waals surface area (Å²) < 4.78 is 5.49. The summed E-state index contributed by atoms with van der Waals surface area (Å²) in [6, 6.07) is 18.0. The van der Waals surface area contributed by atoms with Crippen LogP contribution < -0.4 is 5.32 Å². The van der Waals surface area contributed by atoms with Crippen LogP contribution in [-0.4, -0.2) is 28.7 Å². The quantitative estimate of drug-likeness (QED) is 0.696. The molecular formula is C22H18N2O4. The smallest absolute Gasteiger partial charge is 0.262 e. The van der Waals surface area contributed by atoms with E-state index in [1.54, 1.807) is 43.3 Å². The van der Waals surface area contributed by atoms with Gasteiger partial charge in [0.2, 0.25) is 5.91 Å². The van der Waals surface area contributed by atoms with Crippen molar-refractivity contribution < 1.29 is 18.8 Å². The number of furan rings is 1. The zero-order valence-corrected chi connectivity index (χ0v) is 15.2. The number of imide groups is 1. The third-order valence-corrected chi connectivity index (χ3v) is 4.84. The maximum absolute atomic E-state index is 13.0. The second-order valence-electron chi connectivity index (χ2n) is 6.57. The highest BCUT2D eigenvalue weighted by Gasteiger charge is 2.41. The lowest BCUT2D eigenvalue weighted by atomic mass is 10.0. The van der Waals surface area contributed by atoms with Gasteiger partial charge in [0.05, 0.1) is 17.4 Å². The van der Waals surface area contributed by atoms with Gasteiger partial charge in [-0.3, -0.25) is 19.3 Å². The minimum atomic E-state index is -0.964. The number of amides is 3. The first-order valence-corrected chi connectivity index (χ1v) is 8.93. The average molecular weight is 374 g/mol. The van der Waals surface area contributed by atoms with E-state index >= 15 is 0 Å². The molecule has 0 spiro atoms. The Morgan fingerprint density at radius 3 is 2.07 bits per heavy atom. The van der Waals surface area contributed by atoms with Crippen molar-refractivity contribution >= 4 is 17.7 Å². The van der Waals surface area contributed by atoms with Crippen LogP contribution in [0.4, 0.5) is 0 Å². The molecule has 140 valence electrons. The zero-order valence-electron chi connectivity index (χ0n) is 15.2. The molecule has 0 fully saturated rings. The highest BCUT2D eigenvalue weighted by Crippen LogP contribution is 2.26. The fraction of sp³-hybridized carbons (Fsp3) is 0.136. The Balaban J connectivity index is 1.59. The first kappa shape index (κ1) is 17.7. The normalized spacial score (nSPS) is 15.2. The lowest BCUT2D eigenvalue weighted by Gasteiger charge is -2.24. The van der Waals surface area contributed by atoms with Crippen molar-refractivity contribution in [3.63, 3.8) is 0 Å². The Morgan fingerprint density at radius 2 is 1.50 bits per heavy atom. The Bertz CT molecular complexity index is 993. The van der Waals surface area contributed by atoms with E-state index in [-0.39, 0.29) is 0 Å². The SMILES string of the molecule is CC(C(=O)NC(c1ccccc1)c1ccco1)N1C(=O)c2ccccc2C1=O. The molecule has 1 aliphatic heterocycles. The molecular weight excluding hydrogens is 356 g/mol. The molecule has 2 aromatic carbocycles. The molecule has 1 N–H and O–H groups in total. The van der Waals surface area contributed by atoms with Gasteiger partial charge in [0.15, 0.2) is 0 Å². The number of nitrogens with one attached hydrogen (secondary N) is 1. The summed E-state index contributed by atoms with van der Waals surface area (Å²) in [6.45, 7) is 1.54. The van der Waals surface area contributed by atoms with E-state index in [0.717, 1.165) is 10.5 Å². The molecule has 2 unspecified atom stereocenters. The van der Waals surface area contributed by atoms with Crippen molar-refractivity contribution in [2.45, 2.75) is 19.0 Å². The number of hydrogen-bond donors (Lipinski definition) is 1. The summed E-state index contributed by atoms with van der Waals surface area (Å²) in [5.74, 6) is -0.802. The van der Waals surface area contributed by atoms with Crippen LogP contribution in [0, 0.1) is 0 Å². The molecule has 3 amide bonds. The lowest BCUT2D eigenvalue weighted by molar-refractivity contribution is -0.125. The predicted octanol–water partition coefficient (Wildman–Crippen LogP) is 3.17. The van der Waals surface area contributed by atoms with Crippen LogP contribution in [0.25, 0.3) is 0 Å². The van der Waals surface area contributed by atoms with E-state index in [1.165, 1.54) is 6.26 Å². The van der Waals surface area contributed by atoms with Crippen molar-refractivity contribution in [2.75, 3.05) is 0 Å². The molecule has 1 aromatic heterocycles. The molecule has 4 rings (SSSR count). The Hall–Kier alpha value is -3.67. The number of rotatable bonds is 5. The van der Waals surface area contributed by atoms with Gasteiger partial charge in [-0.25, -0.2) is 0 Å². The third kappa shape index (κ3) is 2.99. The molecule has 0 radical (unpaired) electrons. The predicted molar refractivity (Wildman–Crippen MR) is 102 cm³/mol. The van der Waals surface area contributed by atoms with Gasteiger partial charge in [-0.15, -0.1) is 0 Å². The van der Waals surface area contributed by atoms with E-state index < -0.39 is 29.8 Å². The van der Waals surface area contributed by atoms with Crippen molar-refractivity contribution in [2.24, 2.45) is 0 Å². The Labute approximate surface area is 161 Å². The van der Waals surface area contributed by atoms with E-state index in [0.29, 0.717) is 16.9 Å². The van der Waals surface area contributed by atoms with Gasteiger partial charge in [-0.2, -0.15) is 0 Å². The van der Waals surface area contributed by atoms with Gasteiger partial charge >= 0.3 is 0 Å². The number of benzene rings is 2. The zero-order chi connectivity index (χ0) is 19.7. The summed E-state index contributed by atoms with van der Waals surface area (Å²) in [5.41, 5.74) is 1.47. The fourth-order valence-electron chi connectivity index (χ4n) is 3.36. The highest BCUT2D eigenvalue weighted by molar-refractivity contribution is 6.22. The van der Waals surface area contributed by atoms with Crippen LogP contribution in [0.3, 0.4) is 0 Å². The first-order chi connectivity index (χ1) is 13.6. The van der Waals surface area contributed by atoms with Crippen molar-refractivity contribution in [1.29, 1.82) is 0 Å². The van der Waals surface area contributed by atoms with Crippen molar-refractivity contribution in [1.82, 2.24) is 10.2 Å². The molecule has 0 aliphatic carbocycles. The minimum absolute atomic E-state index is 0.317. The molecule has 6 heteroatoms. The fourth-order valence-corrected chi connectivity index (χ4v) is 3.36. The van der Waals surface area contributed by atoms with Crippen LogP contribution >= 0.6 is 0 Å². The van der Waals surface area contributed by atoms with Crippen molar-refractivity contribution in [3.8, 4) is 0 Å². The van der Waals surface area contributed by atoms with Gasteiger partial charge in [-0.05, 0) is 36.8 Å². The molecule has 2 heterocycles. The summed E-state index contributed by atoms with van der Waals surface area (Å²) in [4.78, 5) is 39.2. The summed E-state index contributed by atoms with van der Waals surface area (Å²) in [7, 11) is 0. The van der Waals surface area contributed by atoms with Gasteiger partial charge in [0, 0.05) is 0 Å². The van der Waals surface area contributed by atoms with Gasteiger partial charge in [0.25, 0.3) is 11.8 Å². The summed E-state index contributed by atoms with van der Waals surface area (Å²) in [5, 5.41) is 2.90. The highest BCUT2D eigenvalue weighted by atomic mass is 16.3. The lowest BCUT2D eigenvalue weighted by Crippen LogP contribution is -2.48. The molecule has 6 nitrogen and oxygen atoms in total. The second kappa shape index (κ2) is 7.15. The third-order valence-electron chi connectivity index (χ3n) is 4.84. The number of fused-ring (bicyclic) bond motifs is 1. The molecule has 0 bridgehead atoms. The Kier molecular flexibility index (Phi) is 4.53. The van der Waals surface area contributed by atoms with Crippen LogP contribution in [0.1, 0.15) is 45.0 Å². The largest absolute Gasteiger partial charge is 0.467 e. The monoisotopic (exact) mass is 374 g/mol. The molecule has 3 aromatic rings. The summed E-state index contributed by atoms with van der Waals surface area (Å²) >= 11 is 0. The average Bonchev–Trinajstić information content (AvgIpc) is 3.34. The number of carbonyl (C=O) groups is 3. The topological polar surface area (TPSA) is 79.6 Å². The second-order valence-corrected chi connectivity index (χ2v) is 6.57. The van der Waals surface area contributed by atoms with Crippen LogP contribution in [0.2, 0.25) is 0 Å². The molecule has 0 saturated carbocycles. The number of hydrogen-bond acceptors (Lipinski definition) is 4. The number of carbonyl (C=O) groups excluding carboxylic acids is 3. The Morgan fingerprint density at radius 1 is 0.893 bits per heavy atom. The van der Waals surface area contributed by atoms with Crippen LogP contribution in [-0.2, 0) is 4.79 Å². The first-order valence-electron chi connectivity index (χ1n) is 8.93. The van der Waals surface area contributed by atoms with Gasteiger partial charge < -0.3 is 9.73 Å². The summed E-state index contributed by atoms with van der Waals surface area (Å²) in [6.07, 6.45) is 1.53. The molecule has 2 atom stereocenters.